The third kappa shape index (κ3) is 3.01. The first-order valence-corrected chi connectivity index (χ1v) is 12.4. The van der Waals surface area contributed by atoms with Gasteiger partial charge >= 0.3 is 5.97 Å². The molecule has 0 aromatic heterocycles. The molecule has 0 radical (unpaired) electrons. The van der Waals surface area contributed by atoms with Crippen LogP contribution in [0.4, 0.5) is 0 Å². The monoisotopic (exact) mass is 458 g/mol. The maximum Gasteiger partial charge on any atom is 0.303 e. The van der Waals surface area contributed by atoms with E-state index < -0.39 is 33.7 Å². The molecule has 0 aromatic rings. The maximum atomic E-state index is 13.9. The van der Waals surface area contributed by atoms with E-state index in [0.717, 1.165) is 0 Å². The summed E-state index contributed by atoms with van der Waals surface area (Å²) in [5, 5.41) is 19.8. The molecule has 33 heavy (non-hydrogen) atoms. The van der Waals surface area contributed by atoms with Gasteiger partial charge in [0.2, 0.25) is 0 Å². The lowest BCUT2D eigenvalue weighted by atomic mass is 9.42. The molecule has 4 aliphatic carbocycles. The molecule has 0 bridgehead atoms. The third-order valence-corrected chi connectivity index (χ3v) is 10.7. The Morgan fingerprint density at radius 1 is 1.03 bits per heavy atom. The second-order valence-electron chi connectivity index (χ2n) is 12.5. The smallest absolute Gasteiger partial charge is 0.303 e. The number of fused-ring (bicyclic) bond motifs is 4. The molecule has 0 heterocycles. The highest BCUT2D eigenvalue weighted by atomic mass is 16.4. The standard InChI is InChI=1S/C27H38O6/c1-14(7-8-21(32)33)15-11-20(31)27(6)23-16(28)12-18-24(2,3)19(30)9-10-25(18,4)22(23)17(29)13-26(15,27)5/h14-15,18-19,30H,7-13H2,1-6H3,(H,32,33)/t14-,15-,18?,19?,25+,26-,27+/m1/s1. The van der Waals surface area contributed by atoms with Crippen LogP contribution in [0.2, 0.25) is 0 Å². The van der Waals surface area contributed by atoms with Crippen LogP contribution in [-0.2, 0) is 19.2 Å². The molecule has 2 unspecified atom stereocenters. The van der Waals surface area contributed by atoms with Crippen LogP contribution in [-0.4, -0.2) is 39.6 Å². The number of carbonyl (C=O) groups is 4. The van der Waals surface area contributed by atoms with Gasteiger partial charge in [0.1, 0.15) is 5.78 Å². The van der Waals surface area contributed by atoms with E-state index in [2.05, 4.69) is 6.92 Å². The van der Waals surface area contributed by atoms with Crippen molar-refractivity contribution in [2.45, 2.75) is 92.6 Å². The van der Waals surface area contributed by atoms with Crippen molar-refractivity contribution in [3.05, 3.63) is 11.1 Å². The molecule has 4 aliphatic rings. The van der Waals surface area contributed by atoms with Gasteiger partial charge in [-0.2, -0.15) is 0 Å². The fourth-order valence-corrected chi connectivity index (χ4v) is 8.38. The van der Waals surface area contributed by atoms with Crippen LogP contribution in [0.3, 0.4) is 0 Å². The van der Waals surface area contributed by atoms with Crippen molar-refractivity contribution < 1.29 is 29.4 Å². The number of carboxylic acids is 1. The van der Waals surface area contributed by atoms with Crippen molar-refractivity contribution in [3.63, 3.8) is 0 Å². The predicted octanol–water partition coefficient (Wildman–Crippen LogP) is 4.13. The minimum absolute atomic E-state index is 0.00248. The van der Waals surface area contributed by atoms with E-state index in [9.17, 15) is 24.3 Å². The quantitative estimate of drug-likeness (QED) is 0.656. The Labute approximate surface area is 196 Å². The Hall–Kier alpha value is -1.82. The minimum Gasteiger partial charge on any atom is -0.481 e. The van der Waals surface area contributed by atoms with Gasteiger partial charge in [-0.25, -0.2) is 0 Å². The summed E-state index contributed by atoms with van der Waals surface area (Å²) in [4.78, 5) is 52.5. The first kappa shape index (κ1) is 24.3. The summed E-state index contributed by atoms with van der Waals surface area (Å²) in [6.45, 7) is 11.8. The molecule has 0 amide bonds. The molecular formula is C27H38O6. The first-order valence-electron chi connectivity index (χ1n) is 12.4. The second-order valence-corrected chi connectivity index (χ2v) is 12.5. The van der Waals surface area contributed by atoms with Crippen LogP contribution in [0.25, 0.3) is 0 Å². The van der Waals surface area contributed by atoms with Crippen LogP contribution in [0.1, 0.15) is 86.5 Å². The number of aliphatic carboxylic acids is 1. The summed E-state index contributed by atoms with van der Waals surface area (Å²) in [5.41, 5.74) is -1.80. The zero-order valence-corrected chi connectivity index (χ0v) is 20.8. The van der Waals surface area contributed by atoms with Gasteiger partial charge in [-0.15, -0.1) is 0 Å². The number of carboxylic acid groups (broad SMARTS) is 1. The number of rotatable bonds is 4. The molecule has 0 aliphatic heterocycles. The predicted molar refractivity (Wildman–Crippen MR) is 122 cm³/mol. The van der Waals surface area contributed by atoms with E-state index in [4.69, 9.17) is 5.11 Å². The number of allylic oxidation sites excluding steroid dienone is 2. The highest BCUT2D eigenvalue weighted by Crippen LogP contribution is 2.70. The SMILES string of the molecule is C[C@H](CCC(=O)O)[C@H]1CC(=O)[C@@]2(C)C3=C(C(=O)C[C@]12C)[C@@]1(C)CCC(O)C(C)(C)C1CC3=O. The molecule has 7 atom stereocenters. The van der Waals surface area contributed by atoms with Crippen LogP contribution in [0.15, 0.2) is 11.1 Å². The number of Topliss-reactive ketones (excluding diaryl/α,β-unsaturated/α-hetero) is 3. The molecule has 0 saturated heterocycles. The summed E-state index contributed by atoms with van der Waals surface area (Å²) < 4.78 is 0. The van der Waals surface area contributed by atoms with Crippen LogP contribution >= 0.6 is 0 Å². The van der Waals surface area contributed by atoms with Gasteiger partial charge < -0.3 is 10.2 Å². The number of ketones is 3. The number of aliphatic hydroxyl groups is 1. The summed E-state index contributed by atoms with van der Waals surface area (Å²) in [7, 11) is 0. The lowest BCUT2D eigenvalue weighted by Crippen LogP contribution is -2.59. The van der Waals surface area contributed by atoms with Crippen molar-refractivity contribution in [2.24, 2.45) is 39.4 Å². The van der Waals surface area contributed by atoms with Crippen molar-refractivity contribution in [1.82, 2.24) is 0 Å². The molecule has 2 N–H and O–H groups in total. The fraction of sp³-hybridized carbons (Fsp3) is 0.778. The topological polar surface area (TPSA) is 109 Å². The van der Waals surface area contributed by atoms with Crippen molar-refractivity contribution >= 4 is 23.3 Å². The molecular weight excluding hydrogens is 420 g/mol. The molecule has 6 heteroatoms. The molecule has 182 valence electrons. The van der Waals surface area contributed by atoms with E-state index in [-0.39, 0.29) is 60.8 Å². The zero-order valence-electron chi connectivity index (χ0n) is 20.8. The first-order chi connectivity index (χ1) is 15.1. The van der Waals surface area contributed by atoms with Gasteiger partial charge in [0.05, 0.1) is 11.5 Å². The Kier molecular flexibility index (Phi) is 5.41. The fourth-order valence-electron chi connectivity index (χ4n) is 8.38. The van der Waals surface area contributed by atoms with Crippen LogP contribution in [0, 0.1) is 39.4 Å². The normalized spacial score (nSPS) is 43.1. The maximum absolute atomic E-state index is 13.9. The average Bonchev–Trinajstić information content (AvgIpc) is 2.92. The number of hydrogen-bond donors (Lipinski definition) is 2. The minimum atomic E-state index is -1.04. The highest BCUT2D eigenvalue weighted by molar-refractivity contribution is 6.16. The number of carbonyl (C=O) groups excluding carboxylic acids is 3. The molecule has 2 saturated carbocycles. The number of hydrogen-bond acceptors (Lipinski definition) is 5. The van der Waals surface area contributed by atoms with Crippen LogP contribution < -0.4 is 0 Å². The summed E-state index contributed by atoms with van der Waals surface area (Å²) in [6.07, 6.45) is 1.84. The summed E-state index contributed by atoms with van der Waals surface area (Å²) in [6, 6.07) is 0. The van der Waals surface area contributed by atoms with Gasteiger partial charge in [-0.3, -0.25) is 19.2 Å². The van der Waals surface area contributed by atoms with Crippen molar-refractivity contribution in [1.29, 1.82) is 0 Å². The Bertz CT molecular complexity index is 975. The summed E-state index contributed by atoms with van der Waals surface area (Å²) >= 11 is 0. The van der Waals surface area contributed by atoms with Crippen molar-refractivity contribution in [3.8, 4) is 0 Å². The van der Waals surface area contributed by atoms with E-state index in [0.29, 0.717) is 30.4 Å². The van der Waals surface area contributed by atoms with Crippen molar-refractivity contribution in [2.75, 3.05) is 0 Å². The molecule has 2 fully saturated rings. The van der Waals surface area contributed by atoms with Gasteiger partial charge in [0.25, 0.3) is 0 Å². The Morgan fingerprint density at radius 2 is 1.67 bits per heavy atom. The lowest BCUT2D eigenvalue weighted by Gasteiger charge is -2.60. The molecule has 0 aromatic carbocycles. The largest absolute Gasteiger partial charge is 0.481 e. The average molecular weight is 459 g/mol. The lowest BCUT2D eigenvalue weighted by molar-refractivity contribution is -0.145. The van der Waals surface area contributed by atoms with Crippen LogP contribution in [0.5, 0.6) is 0 Å². The third-order valence-electron chi connectivity index (χ3n) is 10.7. The van der Waals surface area contributed by atoms with E-state index in [1.165, 1.54) is 0 Å². The zero-order chi connectivity index (χ0) is 24.7. The molecule has 4 rings (SSSR count). The van der Waals surface area contributed by atoms with Gasteiger partial charge in [-0.1, -0.05) is 34.6 Å². The molecule has 0 spiro atoms. The summed E-state index contributed by atoms with van der Waals surface area (Å²) in [5.74, 6) is -1.37. The van der Waals surface area contributed by atoms with Gasteiger partial charge in [0, 0.05) is 42.2 Å². The van der Waals surface area contributed by atoms with E-state index in [1.54, 1.807) is 0 Å². The highest BCUT2D eigenvalue weighted by Gasteiger charge is 2.70. The Morgan fingerprint density at radius 3 is 2.27 bits per heavy atom. The Balaban J connectivity index is 1.86. The van der Waals surface area contributed by atoms with Gasteiger partial charge in [0.15, 0.2) is 11.6 Å². The number of aliphatic hydroxyl groups excluding tert-OH is 1. The van der Waals surface area contributed by atoms with E-state index in [1.807, 2.05) is 34.6 Å². The molecule has 6 nitrogen and oxygen atoms in total. The van der Waals surface area contributed by atoms with Gasteiger partial charge in [-0.05, 0) is 54.8 Å². The van der Waals surface area contributed by atoms with E-state index >= 15 is 0 Å². The second kappa shape index (κ2) is 7.34.